The predicted octanol–water partition coefficient (Wildman–Crippen LogP) is 4.15. The summed E-state index contributed by atoms with van der Waals surface area (Å²) in [6, 6.07) is 12.2. The third kappa shape index (κ3) is 4.46. The molecule has 2 rings (SSSR count). The molecule has 0 fully saturated rings. The second-order valence-corrected chi connectivity index (χ2v) is 4.98. The maximum atomic E-state index is 12.3. The summed E-state index contributed by atoms with van der Waals surface area (Å²) < 4.78 is 11.1. The van der Waals surface area contributed by atoms with Gasteiger partial charge in [-0.1, -0.05) is 12.1 Å². The van der Waals surface area contributed by atoms with E-state index in [0.717, 1.165) is 5.56 Å². The van der Waals surface area contributed by atoms with Gasteiger partial charge < -0.3 is 14.8 Å². The molecule has 2 aromatic carbocycles. The first-order chi connectivity index (χ1) is 11.7. The third-order valence-corrected chi connectivity index (χ3v) is 3.28. The van der Waals surface area contributed by atoms with Crippen LogP contribution in [0.2, 0.25) is 0 Å². The number of diazo groups is 1. The fourth-order valence-corrected chi connectivity index (χ4v) is 2.28. The predicted molar refractivity (Wildman–Crippen MR) is 92.3 cm³/mol. The first kappa shape index (κ1) is 17.3. The molecular weight excluding hydrogens is 306 g/mol. The van der Waals surface area contributed by atoms with Crippen molar-refractivity contribution in [3.63, 3.8) is 0 Å². The van der Waals surface area contributed by atoms with Gasteiger partial charge in [-0.25, -0.2) is 0 Å². The van der Waals surface area contributed by atoms with E-state index in [0.29, 0.717) is 36.1 Å². The van der Waals surface area contributed by atoms with Crippen molar-refractivity contribution < 1.29 is 14.3 Å². The summed E-state index contributed by atoms with van der Waals surface area (Å²) in [7, 11) is 0. The fraction of sp³-hybridized carbons (Fsp3) is 0.278. The number of hydrogen-bond donors (Lipinski definition) is 1. The Kier molecular flexibility index (Phi) is 6.15. The molecule has 0 radical (unpaired) electrons. The largest absolute Gasteiger partial charge is 0.494 e. The zero-order valence-electron chi connectivity index (χ0n) is 13.8. The summed E-state index contributed by atoms with van der Waals surface area (Å²) in [5.41, 5.74) is 1.49. The van der Waals surface area contributed by atoms with Gasteiger partial charge >= 0.3 is 5.69 Å². The number of anilines is 1. The number of hydrogen-bond acceptors (Lipinski definition) is 4. The van der Waals surface area contributed by atoms with E-state index in [-0.39, 0.29) is 12.3 Å². The van der Waals surface area contributed by atoms with Crippen LogP contribution in [0.4, 0.5) is 11.4 Å². The SMILES string of the molecule is CCOc1ccc(OCC)c(CC(=O)Nc2ccccc2[N+]#N)c1. The van der Waals surface area contributed by atoms with E-state index in [1.807, 2.05) is 19.9 Å². The minimum absolute atomic E-state index is 0.121. The second-order valence-electron chi connectivity index (χ2n) is 4.98. The molecule has 24 heavy (non-hydrogen) atoms. The Morgan fingerprint density at radius 2 is 1.88 bits per heavy atom. The summed E-state index contributed by atoms with van der Waals surface area (Å²) in [5, 5.41) is 11.7. The molecule has 0 bridgehead atoms. The zero-order valence-corrected chi connectivity index (χ0v) is 13.8. The lowest BCUT2D eigenvalue weighted by molar-refractivity contribution is -0.115. The smallest absolute Gasteiger partial charge is 0.408 e. The Hall–Kier alpha value is -3.07. The van der Waals surface area contributed by atoms with Crippen LogP contribution in [0.1, 0.15) is 19.4 Å². The lowest BCUT2D eigenvalue weighted by atomic mass is 10.1. The normalized spacial score (nSPS) is 9.88. The van der Waals surface area contributed by atoms with E-state index in [9.17, 15) is 4.79 Å². The summed E-state index contributed by atoms with van der Waals surface area (Å²) in [4.78, 5) is 15.5. The first-order valence-electron chi connectivity index (χ1n) is 7.80. The average molecular weight is 326 g/mol. The highest BCUT2D eigenvalue weighted by atomic mass is 16.5. The molecule has 124 valence electrons. The Balaban J connectivity index is 2.18. The van der Waals surface area contributed by atoms with Crippen molar-refractivity contribution in [3.05, 3.63) is 53.0 Å². The molecule has 0 atom stereocenters. The van der Waals surface area contributed by atoms with Crippen LogP contribution in [0.25, 0.3) is 4.98 Å². The molecule has 0 saturated carbocycles. The van der Waals surface area contributed by atoms with Gasteiger partial charge in [0.25, 0.3) is 0 Å². The van der Waals surface area contributed by atoms with Crippen LogP contribution < -0.4 is 14.8 Å². The zero-order chi connectivity index (χ0) is 17.4. The lowest BCUT2D eigenvalue weighted by Crippen LogP contribution is -2.15. The molecule has 0 aromatic heterocycles. The van der Waals surface area contributed by atoms with Crippen LogP contribution in [-0.2, 0) is 11.2 Å². The minimum atomic E-state index is -0.235. The highest BCUT2D eigenvalue weighted by molar-refractivity contribution is 5.95. The van der Waals surface area contributed by atoms with E-state index in [1.165, 1.54) is 0 Å². The fourth-order valence-electron chi connectivity index (χ4n) is 2.28. The van der Waals surface area contributed by atoms with Crippen LogP contribution in [0.5, 0.6) is 11.5 Å². The van der Waals surface area contributed by atoms with Crippen LogP contribution in [0.15, 0.2) is 42.5 Å². The number of carbonyl (C=O) groups is 1. The van der Waals surface area contributed by atoms with Crippen LogP contribution >= 0.6 is 0 Å². The maximum Gasteiger partial charge on any atom is 0.408 e. The second kappa shape index (κ2) is 8.53. The van der Waals surface area contributed by atoms with Gasteiger partial charge in [-0.15, -0.1) is 0 Å². The number of para-hydroxylation sites is 1. The lowest BCUT2D eigenvalue weighted by Gasteiger charge is -2.12. The van der Waals surface area contributed by atoms with Crippen molar-refractivity contribution in [2.75, 3.05) is 18.5 Å². The van der Waals surface area contributed by atoms with Crippen molar-refractivity contribution in [2.24, 2.45) is 0 Å². The number of rotatable bonds is 7. The molecule has 0 heterocycles. The maximum absolute atomic E-state index is 12.3. The van der Waals surface area contributed by atoms with Crippen LogP contribution in [0.3, 0.4) is 0 Å². The molecule has 0 unspecified atom stereocenters. The molecule has 6 heteroatoms. The summed E-state index contributed by atoms with van der Waals surface area (Å²) in [5.74, 6) is 1.10. The molecule has 1 N–H and O–H groups in total. The van der Waals surface area contributed by atoms with Gasteiger partial charge in [-0.3, -0.25) is 4.79 Å². The number of nitrogens with zero attached hydrogens (tertiary/aromatic N) is 2. The molecule has 6 nitrogen and oxygen atoms in total. The van der Waals surface area contributed by atoms with E-state index in [2.05, 4.69) is 10.3 Å². The summed E-state index contributed by atoms with van der Waals surface area (Å²) in [6.45, 7) is 4.84. The molecule has 0 spiro atoms. The molecular formula is C18H20N3O3+. The number of amides is 1. The molecule has 0 aliphatic heterocycles. The number of nitrogens with one attached hydrogen (secondary N) is 1. The first-order valence-corrected chi connectivity index (χ1v) is 7.80. The average Bonchev–Trinajstić information content (AvgIpc) is 2.58. The standard InChI is InChI=1S/C18H19N3O3/c1-3-23-14-9-10-17(24-4-2)13(11-14)12-18(22)20-15-7-5-6-8-16(15)21-19/h5-11H,3-4,12H2,1-2H3/p+1. The van der Waals surface area contributed by atoms with Gasteiger partial charge in [0.1, 0.15) is 17.2 Å². The van der Waals surface area contributed by atoms with E-state index < -0.39 is 0 Å². The topological polar surface area (TPSA) is 75.7 Å². The van der Waals surface area contributed by atoms with Crippen molar-refractivity contribution in [3.8, 4) is 11.5 Å². The van der Waals surface area contributed by atoms with E-state index in [1.54, 1.807) is 36.4 Å². The van der Waals surface area contributed by atoms with Gasteiger partial charge in [-0.2, -0.15) is 0 Å². The molecule has 2 aromatic rings. The van der Waals surface area contributed by atoms with Gasteiger partial charge in [0.15, 0.2) is 4.98 Å². The Bertz CT molecular complexity index is 753. The number of ether oxygens (including phenoxy) is 2. The minimum Gasteiger partial charge on any atom is -0.494 e. The van der Waals surface area contributed by atoms with Gasteiger partial charge in [0.2, 0.25) is 11.3 Å². The Morgan fingerprint density at radius 3 is 2.58 bits per heavy atom. The van der Waals surface area contributed by atoms with Crippen LogP contribution in [-0.4, -0.2) is 19.1 Å². The Labute approximate surface area is 141 Å². The highest BCUT2D eigenvalue weighted by Gasteiger charge is 2.16. The van der Waals surface area contributed by atoms with Crippen LogP contribution in [0, 0.1) is 5.39 Å². The van der Waals surface area contributed by atoms with Crippen molar-refractivity contribution in [1.29, 1.82) is 5.39 Å². The molecule has 0 aliphatic carbocycles. The van der Waals surface area contributed by atoms with Gasteiger partial charge in [0.05, 0.1) is 19.6 Å². The van der Waals surface area contributed by atoms with Crippen molar-refractivity contribution in [1.82, 2.24) is 0 Å². The summed E-state index contributed by atoms with van der Waals surface area (Å²) >= 11 is 0. The molecule has 0 aliphatic rings. The monoisotopic (exact) mass is 326 g/mol. The van der Waals surface area contributed by atoms with Gasteiger partial charge in [-0.05, 0) is 38.1 Å². The Morgan fingerprint density at radius 1 is 1.12 bits per heavy atom. The molecule has 0 saturated heterocycles. The van der Waals surface area contributed by atoms with Crippen molar-refractivity contribution >= 4 is 17.3 Å². The molecule has 1 amide bonds. The number of carbonyl (C=O) groups excluding carboxylic acids is 1. The van der Waals surface area contributed by atoms with Gasteiger partial charge in [0, 0.05) is 11.6 Å². The highest BCUT2D eigenvalue weighted by Crippen LogP contribution is 2.27. The summed E-state index contributed by atoms with van der Waals surface area (Å²) in [6.07, 6.45) is 0.121. The number of benzene rings is 2. The van der Waals surface area contributed by atoms with E-state index in [4.69, 9.17) is 14.9 Å². The third-order valence-electron chi connectivity index (χ3n) is 3.28. The van der Waals surface area contributed by atoms with Crippen molar-refractivity contribution in [2.45, 2.75) is 20.3 Å². The van der Waals surface area contributed by atoms with E-state index >= 15 is 0 Å². The quantitative estimate of drug-likeness (QED) is 0.776.